The summed E-state index contributed by atoms with van der Waals surface area (Å²) in [5.74, 6) is 0. The van der Waals surface area contributed by atoms with Crippen LogP contribution in [0.4, 0.5) is 5.69 Å². The van der Waals surface area contributed by atoms with Crippen LogP contribution in [0.3, 0.4) is 0 Å². The number of rotatable bonds is 1. The lowest BCUT2D eigenvalue weighted by Gasteiger charge is -2.01. The predicted octanol–water partition coefficient (Wildman–Crippen LogP) is 3.94. The summed E-state index contributed by atoms with van der Waals surface area (Å²) in [6.07, 6.45) is 0. The standard InChI is InChI=1S/C12H9BrN2S/c1-7-4-11(16-12(7)13)10-3-2-9(15)5-8(10)6-14/h2-5H,15H2,1H3. The van der Waals surface area contributed by atoms with Gasteiger partial charge in [-0.3, -0.25) is 0 Å². The van der Waals surface area contributed by atoms with Crippen LogP contribution >= 0.6 is 27.3 Å². The smallest absolute Gasteiger partial charge is 0.0999 e. The summed E-state index contributed by atoms with van der Waals surface area (Å²) in [6.45, 7) is 2.04. The second kappa shape index (κ2) is 4.28. The molecular weight excluding hydrogens is 284 g/mol. The summed E-state index contributed by atoms with van der Waals surface area (Å²) < 4.78 is 1.10. The van der Waals surface area contributed by atoms with Gasteiger partial charge in [0.15, 0.2) is 0 Å². The second-order valence-electron chi connectivity index (χ2n) is 3.48. The fourth-order valence-electron chi connectivity index (χ4n) is 1.46. The van der Waals surface area contributed by atoms with E-state index in [0.29, 0.717) is 11.3 Å². The zero-order valence-corrected chi connectivity index (χ0v) is 11.0. The van der Waals surface area contributed by atoms with E-state index in [2.05, 4.69) is 28.1 Å². The Balaban J connectivity index is 2.60. The van der Waals surface area contributed by atoms with E-state index >= 15 is 0 Å². The summed E-state index contributed by atoms with van der Waals surface area (Å²) in [7, 11) is 0. The number of aryl methyl sites for hydroxylation is 1. The Labute approximate surface area is 106 Å². The first-order valence-corrected chi connectivity index (χ1v) is 6.28. The molecule has 1 heterocycles. The van der Waals surface area contributed by atoms with Crippen molar-refractivity contribution >= 4 is 33.0 Å². The Kier molecular flexibility index (Phi) is 2.99. The maximum absolute atomic E-state index is 9.07. The topological polar surface area (TPSA) is 49.8 Å². The third-order valence-corrected chi connectivity index (χ3v) is 4.46. The zero-order chi connectivity index (χ0) is 11.7. The highest BCUT2D eigenvalue weighted by molar-refractivity contribution is 9.11. The average Bonchev–Trinajstić information content (AvgIpc) is 2.59. The van der Waals surface area contributed by atoms with Crippen molar-refractivity contribution in [1.82, 2.24) is 0 Å². The van der Waals surface area contributed by atoms with Crippen molar-refractivity contribution in [2.75, 3.05) is 5.73 Å². The van der Waals surface area contributed by atoms with Gasteiger partial charge in [0, 0.05) is 16.1 Å². The van der Waals surface area contributed by atoms with Crippen LogP contribution in [0.1, 0.15) is 11.1 Å². The molecule has 0 atom stereocenters. The Morgan fingerprint density at radius 2 is 2.12 bits per heavy atom. The van der Waals surface area contributed by atoms with Crippen molar-refractivity contribution in [2.45, 2.75) is 6.92 Å². The molecule has 0 aliphatic carbocycles. The highest BCUT2D eigenvalue weighted by Gasteiger charge is 2.09. The Morgan fingerprint density at radius 1 is 1.38 bits per heavy atom. The number of benzene rings is 1. The summed E-state index contributed by atoms with van der Waals surface area (Å²) >= 11 is 5.11. The quantitative estimate of drug-likeness (QED) is 0.810. The first-order valence-electron chi connectivity index (χ1n) is 4.67. The van der Waals surface area contributed by atoms with Gasteiger partial charge in [-0.2, -0.15) is 5.26 Å². The van der Waals surface area contributed by atoms with Crippen molar-refractivity contribution in [2.24, 2.45) is 0 Å². The average molecular weight is 293 g/mol. The van der Waals surface area contributed by atoms with Gasteiger partial charge in [-0.05, 0) is 46.6 Å². The van der Waals surface area contributed by atoms with Crippen LogP contribution in [-0.4, -0.2) is 0 Å². The van der Waals surface area contributed by atoms with Crippen LogP contribution in [-0.2, 0) is 0 Å². The second-order valence-corrected chi connectivity index (χ2v) is 5.85. The van der Waals surface area contributed by atoms with E-state index in [0.717, 1.165) is 14.2 Å². The molecule has 0 amide bonds. The summed E-state index contributed by atoms with van der Waals surface area (Å²) in [4.78, 5) is 1.08. The third kappa shape index (κ3) is 1.97. The molecule has 0 saturated carbocycles. The van der Waals surface area contributed by atoms with Gasteiger partial charge in [0.2, 0.25) is 0 Å². The van der Waals surface area contributed by atoms with E-state index in [1.165, 1.54) is 5.56 Å². The minimum absolute atomic E-state index is 0.618. The molecular formula is C12H9BrN2S. The first-order chi connectivity index (χ1) is 7.61. The highest BCUT2D eigenvalue weighted by Crippen LogP contribution is 2.36. The lowest BCUT2D eigenvalue weighted by Crippen LogP contribution is -1.88. The van der Waals surface area contributed by atoms with Crippen LogP contribution < -0.4 is 5.73 Å². The van der Waals surface area contributed by atoms with Crippen LogP contribution in [0.2, 0.25) is 0 Å². The van der Waals surface area contributed by atoms with Gasteiger partial charge in [-0.15, -0.1) is 11.3 Å². The maximum Gasteiger partial charge on any atom is 0.0999 e. The van der Waals surface area contributed by atoms with Crippen LogP contribution in [0, 0.1) is 18.3 Å². The summed E-state index contributed by atoms with van der Waals surface area (Å²) in [5, 5.41) is 9.07. The van der Waals surface area contributed by atoms with Gasteiger partial charge >= 0.3 is 0 Å². The van der Waals surface area contributed by atoms with Gasteiger partial charge in [-0.1, -0.05) is 6.07 Å². The van der Waals surface area contributed by atoms with E-state index in [4.69, 9.17) is 11.0 Å². The molecule has 80 valence electrons. The predicted molar refractivity (Wildman–Crippen MR) is 71.3 cm³/mol. The normalized spacial score (nSPS) is 10.1. The molecule has 4 heteroatoms. The molecule has 1 aromatic carbocycles. The largest absolute Gasteiger partial charge is 0.399 e. The van der Waals surface area contributed by atoms with Gasteiger partial charge in [-0.25, -0.2) is 0 Å². The van der Waals surface area contributed by atoms with Gasteiger partial charge in [0.1, 0.15) is 0 Å². The van der Waals surface area contributed by atoms with Crippen molar-refractivity contribution in [3.05, 3.63) is 39.2 Å². The Hall–Kier alpha value is -1.31. The molecule has 1 aromatic heterocycles. The molecule has 2 rings (SSSR count). The number of halogens is 1. The molecule has 16 heavy (non-hydrogen) atoms. The first kappa shape index (κ1) is 11.2. The monoisotopic (exact) mass is 292 g/mol. The van der Waals surface area contributed by atoms with Crippen LogP contribution in [0.25, 0.3) is 10.4 Å². The van der Waals surface area contributed by atoms with Crippen molar-refractivity contribution in [3.8, 4) is 16.5 Å². The van der Waals surface area contributed by atoms with E-state index in [1.54, 1.807) is 17.4 Å². The molecule has 0 fully saturated rings. The highest BCUT2D eigenvalue weighted by atomic mass is 79.9. The third-order valence-electron chi connectivity index (χ3n) is 2.29. The van der Waals surface area contributed by atoms with Crippen molar-refractivity contribution < 1.29 is 0 Å². The van der Waals surface area contributed by atoms with Crippen molar-refractivity contribution in [3.63, 3.8) is 0 Å². The molecule has 0 aliphatic rings. The number of nitrogen functional groups attached to an aromatic ring is 1. The van der Waals surface area contributed by atoms with Gasteiger partial charge < -0.3 is 5.73 Å². The molecule has 2 nitrogen and oxygen atoms in total. The lowest BCUT2D eigenvalue weighted by molar-refractivity contribution is 1.48. The van der Waals surface area contributed by atoms with Crippen LogP contribution in [0.5, 0.6) is 0 Å². The van der Waals surface area contributed by atoms with E-state index in [9.17, 15) is 0 Å². The van der Waals surface area contributed by atoms with Gasteiger partial charge in [0.05, 0.1) is 15.4 Å². The minimum Gasteiger partial charge on any atom is -0.399 e. The Morgan fingerprint density at radius 3 is 2.69 bits per heavy atom. The van der Waals surface area contributed by atoms with E-state index < -0.39 is 0 Å². The molecule has 0 radical (unpaired) electrons. The number of nitrogens with two attached hydrogens (primary N) is 1. The van der Waals surface area contributed by atoms with Crippen LogP contribution in [0.15, 0.2) is 28.1 Å². The maximum atomic E-state index is 9.07. The number of hydrogen-bond acceptors (Lipinski definition) is 3. The van der Waals surface area contributed by atoms with Gasteiger partial charge in [0.25, 0.3) is 0 Å². The minimum atomic E-state index is 0.618. The molecule has 0 unspecified atom stereocenters. The molecule has 2 N–H and O–H groups in total. The SMILES string of the molecule is Cc1cc(-c2ccc(N)cc2C#N)sc1Br. The molecule has 0 bridgehead atoms. The number of thiophene rings is 1. The fraction of sp³-hybridized carbons (Fsp3) is 0.0833. The summed E-state index contributed by atoms with van der Waals surface area (Å²) in [5.41, 5.74) is 9.02. The molecule has 0 spiro atoms. The molecule has 2 aromatic rings. The Bertz CT molecular complexity index is 562. The van der Waals surface area contributed by atoms with E-state index in [-0.39, 0.29) is 0 Å². The molecule has 0 aliphatic heterocycles. The zero-order valence-electron chi connectivity index (χ0n) is 8.62. The number of nitriles is 1. The van der Waals surface area contributed by atoms with Crippen molar-refractivity contribution in [1.29, 1.82) is 5.26 Å². The summed E-state index contributed by atoms with van der Waals surface area (Å²) in [6, 6.07) is 9.67. The lowest BCUT2D eigenvalue weighted by atomic mass is 10.1. The molecule has 0 saturated heterocycles. The number of hydrogen-bond donors (Lipinski definition) is 1. The number of anilines is 1. The fourth-order valence-corrected chi connectivity index (χ4v) is 3.04. The van der Waals surface area contributed by atoms with E-state index in [1.807, 2.05) is 19.1 Å². The number of nitrogens with zero attached hydrogens (tertiary/aromatic N) is 1.